The fraction of sp³-hybridized carbons (Fsp3) is 0.154. The highest BCUT2D eigenvalue weighted by Crippen LogP contribution is 2.08. The van der Waals surface area contributed by atoms with Crippen LogP contribution >= 0.6 is 0 Å². The summed E-state index contributed by atoms with van der Waals surface area (Å²) in [5.41, 5.74) is 0.877. The molecular formula is C13H12F2N2O. The number of halogens is 2. The second kappa shape index (κ2) is 5.00. The van der Waals surface area contributed by atoms with E-state index in [1.54, 1.807) is 29.9 Å². The van der Waals surface area contributed by atoms with Gasteiger partial charge in [-0.2, -0.15) is 0 Å². The zero-order valence-electron chi connectivity index (χ0n) is 9.78. The maximum absolute atomic E-state index is 12.9. The van der Waals surface area contributed by atoms with Crippen molar-refractivity contribution in [3.05, 3.63) is 59.4 Å². The van der Waals surface area contributed by atoms with E-state index in [4.69, 9.17) is 0 Å². The number of nitrogens with one attached hydrogen (secondary N) is 1. The molecule has 0 aliphatic heterocycles. The van der Waals surface area contributed by atoms with E-state index < -0.39 is 11.6 Å². The monoisotopic (exact) mass is 250 g/mol. The number of aromatic nitrogens is 1. The Morgan fingerprint density at radius 2 is 1.94 bits per heavy atom. The molecule has 0 aliphatic rings. The molecule has 94 valence electrons. The number of benzene rings is 1. The van der Waals surface area contributed by atoms with Gasteiger partial charge < -0.3 is 9.88 Å². The highest BCUT2D eigenvalue weighted by molar-refractivity contribution is 5.92. The summed E-state index contributed by atoms with van der Waals surface area (Å²) in [6.45, 7) is 0.0820. The van der Waals surface area contributed by atoms with Crippen molar-refractivity contribution in [2.75, 3.05) is 0 Å². The van der Waals surface area contributed by atoms with Gasteiger partial charge >= 0.3 is 0 Å². The van der Waals surface area contributed by atoms with E-state index in [0.29, 0.717) is 11.3 Å². The number of carbonyl (C=O) groups excluding carboxylic acids is 1. The summed E-state index contributed by atoms with van der Waals surface area (Å²) in [6, 6.07) is 6.59. The number of amides is 1. The van der Waals surface area contributed by atoms with Crippen LogP contribution in [-0.4, -0.2) is 10.5 Å². The van der Waals surface area contributed by atoms with Gasteiger partial charge in [0.15, 0.2) is 0 Å². The largest absolute Gasteiger partial charge is 0.347 e. The standard InChI is InChI=1S/C13H12F2N2O/c1-17-4-2-3-12(17)13(18)16-8-9-5-10(14)7-11(15)6-9/h2-7H,8H2,1H3,(H,16,18). The molecule has 5 heteroatoms. The molecule has 0 atom stereocenters. The van der Waals surface area contributed by atoms with Crippen LogP contribution in [0.2, 0.25) is 0 Å². The van der Waals surface area contributed by atoms with Crippen molar-refractivity contribution < 1.29 is 13.6 Å². The van der Waals surface area contributed by atoms with Gasteiger partial charge in [-0.05, 0) is 29.8 Å². The molecule has 0 spiro atoms. The van der Waals surface area contributed by atoms with Crippen molar-refractivity contribution >= 4 is 5.91 Å². The first-order valence-corrected chi connectivity index (χ1v) is 5.41. The molecule has 2 rings (SSSR count). The highest BCUT2D eigenvalue weighted by Gasteiger charge is 2.08. The highest BCUT2D eigenvalue weighted by atomic mass is 19.1. The molecule has 3 nitrogen and oxygen atoms in total. The van der Waals surface area contributed by atoms with Crippen LogP contribution in [0.1, 0.15) is 16.1 Å². The van der Waals surface area contributed by atoms with Gasteiger partial charge in [-0.3, -0.25) is 4.79 Å². The SMILES string of the molecule is Cn1cccc1C(=O)NCc1cc(F)cc(F)c1. The predicted molar refractivity (Wildman–Crippen MR) is 62.9 cm³/mol. The lowest BCUT2D eigenvalue weighted by molar-refractivity contribution is 0.0942. The summed E-state index contributed by atoms with van der Waals surface area (Å²) in [5.74, 6) is -1.59. The summed E-state index contributed by atoms with van der Waals surface area (Å²) in [6.07, 6.45) is 1.75. The van der Waals surface area contributed by atoms with Crippen LogP contribution in [-0.2, 0) is 13.6 Å². The molecule has 1 heterocycles. The summed E-state index contributed by atoms with van der Waals surface area (Å²) in [5, 5.41) is 2.60. The van der Waals surface area contributed by atoms with E-state index in [2.05, 4.69) is 5.32 Å². The van der Waals surface area contributed by atoms with Crippen molar-refractivity contribution in [3.63, 3.8) is 0 Å². The fourth-order valence-corrected chi connectivity index (χ4v) is 1.68. The van der Waals surface area contributed by atoms with Gasteiger partial charge in [-0.1, -0.05) is 0 Å². The summed E-state index contributed by atoms with van der Waals surface area (Å²) in [4.78, 5) is 11.8. The topological polar surface area (TPSA) is 34.0 Å². The van der Waals surface area contributed by atoms with Gasteiger partial charge in [-0.15, -0.1) is 0 Å². The number of carbonyl (C=O) groups is 1. The number of hydrogen-bond acceptors (Lipinski definition) is 1. The zero-order chi connectivity index (χ0) is 13.1. The van der Waals surface area contributed by atoms with Crippen molar-refractivity contribution in [1.29, 1.82) is 0 Å². The summed E-state index contributed by atoms with van der Waals surface area (Å²) >= 11 is 0. The van der Waals surface area contributed by atoms with Crippen LogP contribution in [0.4, 0.5) is 8.78 Å². The third-order valence-electron chi connectivity index (χ3n) is 2.55. The smallest absolute Gasteiger partial charge is 0.268 e. The molecule has 0 fully saturated rings. The van der Waals surface area contributed by atoms with E-state index in [0.717, 1.165) is 6.07 Å². The minimum absolute atomic E-state index is 0.0820. The van der Waals surface area contributed by atoms with Crippen LogP contribution in [0, 0.1) is 11.6 Å². The first-order valence-electron chi connectivity index (χ1n) is 5.41. The molecule has 0 saturated heterocycles. The number of nitrogens with zero attached hydrogens (tertiary/aromatic N) is 1. The Hall–Kier alpha value is -2.17. The van der Waals surface area contributed by atoms with Gasteiger partial charge in [0, 0.05) is 25.9 Å². The number of rotatable bonds is 3. The third-order valence-corrected chi connectivity index (χ3v) is 2.55. The van der Waals surface area contributed by atoms with Crippen LogP contribution in [0.5, 0.6) is 0 Å². The van der Waals surface area contributed by atoms with Gasteiger partial charge in [0.1, 0.15) is 17.3 Å². The van der Waals surface area contributed by atoms with E-state index in [1.807, 2.05) is 0 Å². The van der Waals surface area contributed by atoms with Crippen molar-refractivity contribution in [3.8, 4) is 0 Å². The first kappa shape index (κ1) is 12.3. The van der Waals surface area contributed by atoms with Crippen molar-refractivity contribution in [2.24, 2.45) is 7.05 Å². The quantitative estimate of drug-likeness (QED) is 0.890. The van der Waals surface area contributed by atoms with Crippen LogP contribution < -0.4 is 5.32 Å². The number of hydrogen-bond donors (Lipinski definition) is 1. The molecule has 18 heavy (non-hydrogen) atoms. The molecular weight excluding hydrogens is 238 g/mol. The Morgan fingerprint density at radius 3 is 2.50 bits per heavy atom. The second-order valence-electron chi connectivity index (χ2n) is 3.96. The van der Waals surface area contributed by atoms with Crippen LogP contribution in [0.15, 0.2) is 36.5 Å². The molecule has 1 aromatic carbocycles. The third kappa shape index (κ3) is 2.74. The Morgan fingerprint density at radius 1 is 1.28 bits per heavy atom. The molecule has 0 unspecified atom stereocenters. The van der Waals surface area contributed by atoms with E-state index >= 15 is 0 Å². The van der Waals surface area contributed by atoms with Gasteiger partial charge in [0.2, 0.25) is 0 Å². The average Bonchev–Trinajstić information content (AvgIpc) is 2.71. The van der Waals surface area contributed by atoms with Crippen molar-refractivity contribution in [2.45, 2.75) is 6.54 Å². The van der Waals surface area contributed by atoms with Crippen molar-refractivity contribution in [1.82, 2.24) is 9.88 Å². The molecule has 1 amide bonds. The van der Waals surface area contributed by atoms with Gasteiger partial charge in [-0.25, -0.2) is 8.78 Å². The normalized spacial score (nSPS) is 10.4. The zero-order valence-corrected chi connectivity index (χ0v) is 9.78. The Bertz CT molecular complexity index is 558. The average molecular weight is 250 g/mol. The summed E-state index contributed by atoms with van der Waals surface area (Å²) in [7, 11) is 1.75. The molecule has 1 N–H and O–H groups in total. The minimum atomic E-state index is -0.655. The maximum atomic E-state index is 12.9. The molecule has 0 bridgehead atoms. The molecule has 0 aliphatic carbocycles. The van der Waals surface area contributed by atoms with Crippen LogP contribution in [0.3, 0.4) is 0 Å². The van der Waals surface area contributed by atoms with Gasteiger partial charge in [0.05, 0.1) is 0 Å². The minimum Gasteiger partial charge on any atom is -0.347 e. The molecule has 0 saturated carbocycles. The lowest BCUT2D eigenvalue weighted by Gasteiger charge is -2.06. The van der Waals surface area contributed by atoms with Gasteiger partial charge in [0.25, 0.3) is 5.91 Å². The Labute approximate surface area is 103 Å². The number of aryl methyl sites for hydroxylation is 1. The lowest BCUT2D eigenvalue weighted by atomic mass is 10.2. The lowest BCUT2D eigenvalue weighted by Crippen LogP contribution is -2.24. The molecule has 2 aromatic rings. The van der Waals surface area contributed by atoms with E-state index in [1.165, 1.54) is 12.1 Å². The fourth-order valence-electron chi connectivity index (χ4n) is 1.68. The van der Waals surface area contributed by atoms with Crippen LogP contribution in [0.25, 0.3) is 0 Å². The predicted octanol–water partition coefficient (Wildman–Crippen LogP) is 2.23. The first-order chi connectivity index (χ1) is 8.56. The maximum Gasteiger partial charge on any atom is 0.268 e. The van der Waals surface area contributed by atoms with E-state index in [9.17, 15) is 13.6 Å². The molecule has 1 aromatic heterocycles. The Balaban J connectivity index is 2.04. The second-order valence-corrected chi connectivity index (χ2v) is 3.96. The summed E-state index contributed by atoms with van der Waals surface area (Å²) < 4.78 is 27.5. The van der Waals surface area contributed by atoms with E-state index in [-0.39, 0.29) is 12.5 Å². The Kier molecular flexibility index (Phi) is 3.41. The molecule has 0 radical (unpaired) electrons.